The number of benzene rings is 1. The summed E-state index contributed by atoms with van der Waals surface area (Å²) in [6.07, 6.45) is 0. The Balaban J connectivity index is 0.00000242. The molecular weight excluding hydrogens is 310 g/mol. The average Bonchev–Trinajstić information content (AvgIpc) is 2.46. The van der Waals surface area contributed by atoms with E-state index in [1.165, 1.54) is 6.07 Å². The molecule has 22 heavy (non-hydrogen) atoms. The van der Waals surface area contributed by atoms with E-state index in [-0.39, 0.29) is 36.3 Å². The van der Waals surface area contributed by atoms with Gasteiger partial charge in [-0.15, -0.1) is 12.4 Å². The third-order valence-corrected chi connectivity index (χ3v) is 3.39. The molecule has 1 saturated heterocycles. The lowest BCUT2D eigenvalue weighted by molar-refractivity contribution is -0.384. The van der Waals surface area contributed by atoms with Crippen LogP contribution in [0.25, 0.3) is 0 Å². The first-order valence-electron chi connectivity index (χ1n) is 6.96. The van der Waals surface area contributed by atoms with Crippen molar-refractivity contribution in [3.05, 3.63) is 33.9 Å². The predicted octanol–water partition coefficient (Wildman–Crippen LogP) is 1.99. The van der Waals surface area contributed by atoms with Crippen LogP contribution in [0.4, 0.5) is 11.4 Å². The zero-order valence-electron chi connectivity index (χ0n) is 12.6. The fourth-order valence-electron chi connectivity index (χ4n) is 2.43. The highest BCUT2D eigenvalue weighted by molar-refractivity contribution is 5.91. The van der Waals surface area contributed by atoms with E-state index in [0.717, 1.165) is 6.54 Å². The number of piperazine rings is 1. The van der Waals surface area contributed by atoms with Gasteiger partial charge >= 0.3 is 5.97 Å². The van der Waals surface area contributed by atoms with Gasteiger partial charge in [0.1, 0.15) is 5.69 Å². The fourth-order valence-corrected chi connectivity index (χ4v) is 2.43. The fraction of sp³-hybridized carbons (Fsp3) is 0.500. The molecule has 1 unspecified atom stereocenters. The molecule has 0 aliphatic carbocycles. The van der Waals surface area contributed by atoms with Gasteiger partial charge in [-0.05, 0) is 26.0 Å². The topological polar surface area (TPSA) is 84.7 Å². The summed E-state index contributed by atoms with van der Waals surface area (Å²) in [4.78, 5) is 24.5. The Hall–Kier alpha value is -1.86. The van der Waals surface area contributed by atoms with Crippen molar-refractivity contribution >= 4 is 29.8 Å². The molecule has 7 nitrogen and oxygen atoms in total. The molecule has 1 N–H and O–H groups in total. The molecule has 1 fully saturated rings. The molecule has 122 valence electrons. The highest BCUT2D eigenvalue weighted by atomic mass is 35.5. The second-order valence-electron chi connectivity index (χ2n) is 4.98. The molecule has 1 atom stereocenters. The van der Waals surface area contributed by atoms with E-state index in [1.807, 2.05) is 11.8 Å². The third-order valence-electron chi connectivity index (χ3n) is 3.39. The van der Waals surface area contributed by atoms with Crippen LogP contribution in [0.1, 0.15) is 24.2 Å². The van der Waals surface area contributed by atoms with E-state index in [1.54, 1.807) is 19.1 Å². The lowest BCUT2D eigenvalue weighted by Gasteiger charge is -2.33. The normalized spacial score (nSPS) is 17.5. The monoisotopic (exact) mass is 329 g/mol. The summed E-state index contributed by atoms with van der Waals surface area (Å²) < 4.78 is 4.88. The first kappa shape index (κ1) is 18.2. The number of hydrogen-bond donors (Lipinski definition) is 1. The Kier molecular flexibility index (Phi) is 6.58. The molecular formula is C14H20ClN3O4. The molecule has 0 spiro atoms. The standard InChI is InChI=1S/C14H19N3O4.ClH/c1-3-21-14(18)11-4-5-12(13(8-11)17(19)20)16-7-6-15-10(2)9-16;/h4-5,8,10,15H,3,6-7,9H2,1-2H3;1H. The van der Waals surface area contributed by atoms with Crippen LogP contribution in [-0.2, 0) is 4.74 Å². The molecule has 0 amide bonds. The Morgan fingerprint density at radius 2 is 2.27 bits per heavy atom. The summed E-state index contributed by atoms with van der Waals surface area (Å²) in [6, 6.07) is 4.76. The maximum Gasteiger partial charge on any atom is 0.338 e. The number of carbonyl (C=O) groups excluding carboxylic acids is 1. The maximum absolute atomic E-state index is 11.7. The number of ether oxygens (including phenoxy) is 1. The molecule has 0 bridgehead atoms. The number of rotatable bonds is 4. The van der Waals surface area contributed by atoms with Crippen molar-refractivity contribution in [2.24, 2.45) is 0 Å². The van der Waals surface area contributed by atoms with Crippen LogP contribution >= 0.6 is 12.4 Å². The molecule has 0 saturated carbocycles. The number of nitrogens with one attached hydrogen (secondary N) is 1. The minimum atomic E-state index is -0.541. The largest absolute Gasteiger partial charge is 0.462 e. The molecule has 8 heteroatoms. The van der Waals surface area contributed by atoms with Crippen molar-refractivity contribution in [3.63, 3.8) is 0 Å². The van der Waals surface area contributed by atoms with Gasteiger partial charge in [-0.3, -0.25) is 10.1 Å². The molecule has 1 aliphatic rings. The van der Waals surface area contributed by atoms with E-state index in [2.05, 4.69) is 5.32 Å². The van der Waals surface area contributed by atoms with Crippen molar-refractivity contribution in [2.75, 3.05) is 31.1 Å². The number of carbonyl (C=O) groups is 1. The van der Waals surface area contributed by atoms with Crippen molar-refractivity contribution in [1.29, 1.82) is 0 Å². The number of nitro groups is 1. The smallest absolute Gasteiger partial charge is 0.338 e. The van der Waals surface area contributed by atoms with Crippen LogP contribution in [0.2, 0.25) is 0 Å². The maximum atomic E-state index is 11.7. The van der Waals surface area contributed by atoms with Gasteiger partial charge in [-0.2, -0.15) is 0 Å². The summed E-state index contributed by atoms with van der Waals surface area (Å²) in [7, 11) is 0. The van der Waals surface area contributed by atoms with Crippen LogP contribution in [0, 0.1) is 10.1 Å². The number of halogens is 1. The Bertz CT molecular complexity index is 553. The summed E-state index contributed by atoms with van der Waals surface area (Å²) in [5.74, 6) is -0.541. The second kappa shape index (κ2) is 7.95. The zero-order chi connectivity index (χ0) is 15.4. The van der Waals surface area contributed by atoms with E-state index >= 15 is 0 Å². The van der Waals surface area contributed by atoms with Crippen molar-refractivity contribution in [3.8, 4) is 0 Å². The van der Waals surface area contributed by atoms with Gasteiger partial charge < -0.3 is 15.0 Å². The van der Waals surface area contributed by atoms with Gasteiger partial charge in [0.15, 0.2) is 0 Å². The lowest BCUT2D eigenvalue weighted by Crippen LogP contribution is -2.49. The highest BCUT2D eigenvalue weighted by Crippen LogP contribution is 2.30. The summed E-state index contributed by atoms with van der Waals surface area (Å²) >= 11 is 0. The molecule has 0 radical (unpaired) electrons. The molecule has 1 heterocycles. The van der Waals surface area contributed by atoms with E-state index < -0.39 is 10.9 Å². The molecule has 1 aromatic carbocycles. The second-order valence-corrected chi connectivity index (χ2v) is 4.98. The predicted molar refractivity (Wildman–Crippen MR) is 86.0 cm³/mol. The van der Waals surface area contributed by atoms with Gasteiger partial charge in [0.2, 0.25) is 0 Å². The Morgan fingerprint density at radius 1 is 1.55 bits per heavy atom. The van der Waals surface area contributed by atoms with Gasteiger partial charge in [-0.1, -0.05) is 0 Å². The van der Waals surface area contributed by atoms with Crippen molar-refractivity contribution < 1.29 is 14.5 Å². The van der Waals surface area contributed by atoms with Crippen LogP contribution < -0.4 is 10.2 Å². The van der Waals surface area contributed by atoms with Crippen LogP contribution in [0.15, 0.2) is 18.2 Å². The van der Waals surface area contributed by atoms with Crippen molar-refractivity contribution in [2.45, 2.75) is 19.9 Å². The summed E-state index contributed by atoms with van der Waals surface area (Å²) in [5, 5.41) is 14.6. The average molecular weight is 330 g/mol. The number of anilines is 1. The van der Waals surface area contributed by atoms with Gasteiger partial charge in [0.05, 0.1) is 17.1 Å². The van der Waals surface area contributed by atoms with Gasteiger partial charge in [0.25, 0.3) is 5.69 Å². The van der Waals surface area contributed by atoms with E-state index in [0.29, 0.717) is 18.8 Å². The number of nitrogens with zero attached hydrogens (tertiary/aromatic N) is 2. The molecule has 1 aromatic rings. The number of hydrogen-bond acceptors (Lipinski definition) is 6. The Labute approximate surface area is 135 Å². The quantitative estimate of drug-likeness (QED) is 0.516. The third kappa shape index (κ3) is 4.08. The Morgan fingerprint density at radius 3 is 2.86 bits per heavy atom. The van der Waals surface area contributed by atoms with Gasteiger partial charge in [-0.25, -0.2) is 4.79 Å². The number of nitro benzene ring substituents is 1. The minimum Gasteiger partial charge on any atom is -0.462 e. The molecule has 1 aliphatic heterocycles. The van der Waals surface area contributed by atoms with Crippen LogP contribution in [-0.4, -0.2) is 43.2 Å². The van der Waals surface area contributed by atoms with Crippen LogP contribution in [0.3, 0.4) is 0 Å². The lowest BCUT2D eigenvalue weighted by atomic mass is 10.1. The number of esters is 1. The minimum absolute atomic E-state index is 0. The summed E-state index contributed by atoms with van der Waals surface area (Å²) in [6.45, 7) is 6.14. The molecule has 0 aromatic heterocycles. The first-order chi connectivity index (χ1) is 10.0. The summed E-state index contributed by atoms with van der Waals surface area (Å²) in [5.41, 5.74) is 0.687. The van der Waals surface area contributed by atoms with Crippen molar-refractivity contribution in [1.82, 2.24) is 5.32 Å². The molecule has 2 rings (SSSR count). The SMILES string of the molecule is CCOC(=O)c1ccc(N2CCNC(C)C2)c([N+](=O)[O-])c1.Cl. The zero-order valence-corrected chi connectivity index (χ0v) is 13.4. The first-order valence-corrected chi connectivity index (χ1v) is 6.96. The van der Waals surface area contributed by atoms with E-state index in [4.69, 9.17) is 4.74 Å². The van der Waals surface area contributed by atoms with Crippen LogP contribution in [0.5, 0.6) is 0 Å². The van der Waals surface area contributed by atoms with Gasteiger partial charge in [0, 0.05) is 31.7 Å². The van der Waals surface area contributed by atoms with E-state index in [9.17, 15) is 14.9 Å². The highest BCUT2D eigenvalue weighted by Gasteiger charge is 2.25.